The van der Waals surface area contributed by atoms with Crippen LogP contribution in [-0.4, -0.2) is 15.9 Å². The summed E-state index contributed by atoms with van der Waals surface area (Å²) in [6.45, 7) is 0. The third kappa shape index (κ3) is 3.34. The van der Waals surface area contributed by atoms with E-state index in [0.29, 0.717) is 16.7 Å². The second kappa shape index (κ2) is 5.25. The Labute approximate surface area is 98.4 Å². The lowest BCUT2D eigenvalue weighted by Crippen LogP contribution is -2.28. The first-order valence-electron chi connectivity index (χ1n) is 3.86. The van der Waals surface area contributed by atoms with Crippen LogP contribution in [0.3, 0.4) is 0 Å². The number of benzene rings is 1. The first-order chi connectivity index (χ1) is 6.56. The predicted molar refractivity (Wildman–Crippen MR) is 61.0 cm³/mol. The summed E-state index contributed by atoms with van der Waals surface area (Å²) in [6, 6.07) is 8.36. The molecule has 0 nitrogen and oxygen atoms in total. The van der Waals surface area contributed by atoms with Gasteiger partial charge in [-0.1, -0.05) is 52.6 Å². The SMILES string of the molecule is FC(Sc1ccccc1)C(F)(F)CI. The molecule has 14 heavy (non-hydrogen) atoms. The second-order valence-electron chi connectivity index (χ2n) is 2.64. The molecular weight excluding hydrogens is 324 g/mol. The molecule has 5 heteroatoms. The van der Waals surface area contributed by atoms with Gasteiger partial charge in [0.25, 0.3) is 5.92 Å². The van der Waals surface area contributed by atoms with Crippen LogP contribution < -0.4 is 0 Å². The summed E-state index contributed by atoms with van der Waals surface area (Å²) >= 11 is 2.04. The Balaban J connectivity index is 2.62. The molecule has 0 radical (unpaired) electrons. The molecule has 0 saturated carbocycles. The first kappa shape index (κ1) is 12.2. The number of rotatable bonds is 4. The van der Waals surface area contributed by atoms with E-state index in [1.807, 2.05) is 0 Å². The lowest BCUT2D eigenvalue weighted by molar-refractivity contribution is -0.0103. The van der Waals surface area contributed by atoms with Gasteiger partial charge in [-0.3, -0.25) is 0 Å². The van der Waals surface area contributed by atoms with Crippen molar-refractivity contribution in [1.29, 1.82) is 0 Å². The van der Waals surface area contributed by atoms with Crippen LogP contribution in [0.25, 0.3) is 0 Å². The van der Waals surface area contributed by atoms with Gasteiger partial charge in [-0.15, -0.1) is 0 Å². The molecule has 0 aliphatic rings. The van der Waals surface area contributed by atoms with Gasteiger partial charge in [0, 0.05) is 4.90 Å². The standard InChI is InChI=1S/C9H8F3IS/c10-8(9(11,12)6-13)14-7-4-2-1-3-5-7/h1-5,8H,6H2. The molecule has 1 aromatic rings. The summed E-state index contributed by atoms with van der Waals surface area (Å²) in [5.41, 5.74) is -2.18. The van der Waals surface area contributed by atoms with E-state index in [-0.39, 0.29) is 0 Å². The third-order valence-electron chi connectivity index (χ3n) is 1.49. The molecule has 1 atom stereocenters. The van der Waals surface area contributed by atoms with Crippen LogP contribution in [0.15, 0.2) is 35.2 Å². The lowest BCUT2D eigenvalue weighted by Gasteiger charge is -2.17. The Morgan fingerprint density at radius 1 is 1.29 bits per heavy atom. The molecule has 0 aliphatic carbocycles. The average Bonchev–Trinajstić information content (AvgIpc) is 2.19. The molecule has 78 valence electrons. The molecule has 0 aromatic heterocycles. The minimum absolute atomic E-state index is 0.508. The number of halogens is 4. The van der Waals surface area contributed by atoms with E-state index in [0.717, 1.165) is 0 Å². The Kier molecular flexibility index (Phi) is 4.56. The fraction of sp³-hybridized carbons (Fsp3) is 0.333. The number of alkyl halides is 4. The van der Waals surface area contributed by atoms with Crippen molar-refractivity contribution < 1.29 is 13.2 Å². The van der Waals surface area contributed by atoms with E-state index in [2.05, 4.69) is 0 Å². The van der Waals surface area contributed by atoms with Gasteiger partial charge in [0.1, 0.15) is 0 Å². The molecule has 1 unspecified atom stereocenters. The summed E-state index contributed by atoms with van der Waals surface area (Å²) in [7, 11) is 0. The molecule has 0 heterocycles. The minimum Gasteiger partial charge on any atom is -0.228 e. The third-order valence-corrected chi connectivity index (χ3v) is 3.61. The van der Waals surface area contributed by atoms with Crippen molar-refractivity contribution in [1.82, 2.24) is 0 Å². The zero-order chi connectivity index (χ0) is 10.6. The van der Waals surface area contributed by atoms with Gasteiger partial charge in [0.05, 0.1) is 4.43 Å². The molecule has 0 aliphatic heterocycles. The van der Waals surface area contributed by atoms with Crippen molar-refractivity contribution in [3.63, 3.8) is 0 Å². The van der Waals surface area contributed by atoms with Gasteiger partial charge in [0.2, 0.25) is 5.50 Å². The van der Waals surface area contributed by atoms with Crippen LogP contribution in [0.4, 0.5) is 13.2 Å². The van der Waals surface area contributed by atoms with E-state index in [1.54, 1.807) is 30.3 Å². The van der Waals surface area contributed by atoms with Crippen LogP contribution in [-0.2, 0) is 0 Å². The van der Waals surface area contributed by atoms with Gasteiger partial charge < -0.3 is 0 Å². The van der Waals surface area contributed by atoms with E-state index in [1.165, 1.54) is 22.6 Å². The highest BCUT2D eigenvalue weighted by molar-refractivity contribution is 14.1. The van der Waals surface area contributed by atoms with E-state index in [4.69, 9.17) is 0 Å². The minimum atomic E-state index is -3.26. The number of hydrogen-bond donors (Lipinski definition) is 0. The van der Waals surface area contributed by atoms with Crippen LogP contribution in [0.2, 0.25) is 0 Å². The molecule has 0 bridgehead atoms. The summed E-state index contributed by atoms with van der Waals surface area (Å²) in [5, 5.41) is 0. The first-order valence-corrected chi connectivity index (χ1v) is 6.26. The van der Waals surface area contributed by atoms with Crippen molar-refractivity contribution in [2.75, 3.05) is 4.43 Å². The predicted octanol–water partition coefficient (Wildman–Crippen LogP) is 4.14. The smallest absolute Gasteiger partial charge is 0.228 e. The lowest BCUT2D eigenvalue weighted by atomic mass is 10.4. The van der Waals surface area contributed by atoms with Gasteiger partial charge in [-0.05, 0) is 12.1 Å². The molecule has 0 saturated heterocycles. The molecular formula is C9H8F3IS. The largest absolute Gasteiger partial charge is 0.297 e. The van der Waals surface area contributed by atoms with E-state index in [9.17, 15) is 13.2 Å². The normalized spacial score (nSPS) is 14.0. The molecule has 0 N–H and O–H groups in total. The van der Waals surface area contributed by atoms with Crippen LogP contribution in [0.5, 0.6) is 0 Å². The second-order valence-corrected chi connectivity index (χ2v) is 4.53. The number of hydrogen-bond acceptors (Lipinski definition) is 1. The average molecular weight is 332 g/mol. The maximum Gasteiger partial charge on any atom is 0.297 e. The highest BCUT2D eigenvalue weighted by Crippen LogP contribution is 2.36. The fourth-order valence-electron chi connectivity index (χ4n) is 0.765. The van der Waals surface area contributed by atoms with Crippen LogP contribution in [0.1, 0.15) is 0 Å². The molecule has 0 fully saturated rings. The van der Waals surface area contributed by atoms with Crippen molar-refractivity contribution in [3.05, 3.63) is 30.3 Å². The highest BCUT2D eigenvalue weighted by atomic mass is 127. The molecule has 1 rings (SSSR count). The molecule has 0 spiro atoms. The number of thioether (sulfide) groups is 1. The summed E-state index contributed by atoms with van der Waals surface area (Å²) in [6.07, 6.45) is 0. The quantitative estimate of drug-likeness (QED) is 0.454. The van der Waals surface area contributed by atoms with Gasteiger partial charge in [-0.25, -0.2) is 13.2 Å². The molecule has 1 aromatic carbocycles. The van der Waals surface area contributed by atoms with Gasteiger partial charge in [-0.2, -0.15) is 0 Å². The van der Waals surface area contributed by atoms with Gasteiger partial charge >= 0.3 is 0 Å². The van der Waals surface area contributed by atoms with Crippen LogP contribution >= 0.6 is 34.4 Å². The van der Waals surface area contributed by atoms with Crippen molar-refractivity contribution in [2.45, 2.75) is 16.3 Å². The monoisotopic (exact) mass is 332 g/mol. The molecule has 0 amide bonds. The summed E-state index contributed by atoms with van der Waals surface area (Å²) in [5.74, 6) is -3.26. The van der Waals surface area contributed by atoms with Crippen LogP contribution in [0, 0.1) is 0 Å². The fourth-order valence-corrected chi connectivity index (χ4v) is 2.26. The van der Waals surface area contributed by atoms with Crippen molar-refractivity contribution in [2.24, 2.45) is 0 Å². The zero-order valence-corrected chi connectivity index (χ0v) is 10.1. The maximum atomic E-state index is 13.1. The Hall–Kier alpha value is 0.0900. The Bertz CT molecular complexity index is 279. The highest BCUT2D eigenvalue weighted by Gasteiger charge is 2.39. The zero-order valence-electron chi connectivity index (χ0n) is 7.09. The summed E-state index contributed by atoms with van der Waals surface area (Å²) < 4.78 is 38.2. The van der Waals surface area contributed by atoms with E-state index < -0.39 is 15.9 Å². The Morgan fingerprint density at radius 3 is 2.36 bits per heavy atom. The summed E-state index contributed by atoms with van der Waals surface area (Å²) in [4.78, 5) is 0.518. The van der Waals surface area contributed by atoms with Gasteiger partial charge in [0.15, 0.2) is 0 Å². The Morgan fingerprint density at radius 2 is 1.86 bits per heavy atom. The topological polar surface area (TPSA) is 0 Å². The van der Waals surface area contributed by atoms with E-state index >= 15 is 0 Å². The van der Waals surface area contributed by atoms with Crippen molar-refractivity contribution in [3.8, 4) is 0 Å². The van der Waals surface area contributed by atoms with Crippen molar-refractivity contribution >= 4 is 34.4 Å². The maximum absolute atomic E-state index is 13.1.